The van der Waals surface area contributed by atoms with Gasteiger partial charge in [-0.2, -0.15) is 17.6 Å². The molecule has 118 valence electrons. The molecule has 2 aromatic carbocycles. The summed E-state index contributed by atoms with van der Waals surface area (Å²) >= 11 is 2.02. The highest BCUT2D eigenvalue weighted by Gasteiger charge is 2.24. The van der Waals surface area contributed by atoms with Crippen molar-refractivity contribution in [2.24, 2.45) is 0 Å². The Labute approximate surface area is 147 Å². The van der Waals surface area contributed by atoms with Crippen LogP contribution in [0.1, 0.15) is 5.56 Å². The van der Waals surface area contributed by atoms with E-state index < -0.39 is 10.0 Å². The standard InChI is InChI=1S/C16H12FIN2O2S/c1-11-2-8-14(9-3-11)23(21,22)20-16(15(18)10-19-20)12-4-6-13(17)7-5-12/h2-10H,1H3. The first-order valence-corrected chi connectivity index (χ1v) is 9.23. The van der Waals surface area contributed by atoms with Crippen LogP contribution in [0.3, 0.4) is 0 Å². The van der Waals surface area contributed by atoms with Crippen molar-refractivity contribution in [1.29, 1.82) is 0 Å². The molecule has 0 saturated heterocycles. The molecule has 3 rings (SSSR count). The van der Waals surface area contributed by atoms with Crippen LogP contribution in [-0.4, -0.2) is 17.6 Å². The molecule has 0 spiro atoms. The summed E-state index contributed by atoms with van der Waals surface area (Å²) in [5.74, 6) is -0.379. The molecule has 4 nitrogen and oxygen atoms in total. The number of aromatic nitrogens is 2. The lowest BCUT2D eigenvalue weighted by Crippen LogP contribution is -2.16. The van der Waals surface area contributed by atoms with Gasteiger partial charge in [0.25, 0.3) is 10.0 Å². The highest BCUT2D eigenvalue weighted by atomic mass is 127. The molecule has 0 radical (unpaired) electrons. The Morgan fingerprint density at radius 3 is 2.26 bits per heavy atom. The van der Waals surface area contributed by atoms with E-state index in [1.807, 2.05) is 29.5 Å². The van der Waals surface area contributed by atoms with Crippen molar-refractivity contribution >= 4 is 32.6 Å². The molecular weight excluding hydrogens is 430 g/mol. The van der Waals surface area contributed by atoms with Gasteiger partial charge >= 0.3 is 0 Å². The predicted octanol–water partition coefficient (Wildman–Crippen LogP) is 3.84. The Hall–Kier alpha value is -1.74. The van der Waals surface area contributed by atoms with Crippen molar-refractivity contribution in [2.75, 3.05) is 0 Å². The molecule has 1 aromatic heterocycles. The number of halogens is 2. The quantitative estimate of drug-likeness (QED) is 0.580. The molecule has 0 atom stereocenters. The predicted molar refractivity (Wildman–Crippen MR) is 94.1 cm³/mol. The topological polar surface area (TPSA) is 52.0 Å². The van der Waals surface area contributed by atoms with Crippen LogP contribution in [0.2, 0.25) is 0 Å². The van der Waals surface area contributed by atoms with Crippen molar-refractivity contribution in [3.63, 3.8) is 0 Å². The van der Waals surface area contributed by atoms with E-state index in [1.54, 1.807) is 24.3 Å². The van der Waals surface area contributed by atoms with E-state index in [4.69, 9.17) is 0 Å². The molecular formula is C16H12FIN2O2S. The average Bonchev–Trinajstić information content (AvgIpc) is 2.91. The van der Waals surface area contributed by atoms with E-state index in [-0.39, 0.29) is 10.7 Å². The third-order valence-electron chi connectivity index (χ3n) is 3.36. The Balaban J connectivity index is 2.18. The zero-order valence-electron chi connectivity index (χ0n) is 12.1. The normalized spacial score (nSPS) is 11.6. The van der Waals surface area contributed by atoms with Crippen LogP contribution in [0.5, 0.6) is 0 Å². The minimum absolute atomic E-state index is 0.158. The Morgan fingerprint density at radius 1 is 1.04 bits per heavy atom. The Kier molecular flexibility index (Phi) is 4.24. The van der Waals surface area contributed by atoms with E-state index >= 15 is 0 Å². The van der Waals surface area contributed by atoms with Crippen LogP contribution in [0.4, 0.5) is 4.39 Å². The average molecular weight is 442 g/mol. The van der Waals surface area contributed by atoms with Gasteiger partial charge in [-0.3, -0.25) is 0 Å². The molecule has 3 aromatic rings. The summed E-state index contributed by atoms with van der Waals surface area (Å²) in [5.41, 5.74) is 1.98. The van der Waals surface area contributed by atoms with Crippen molar-refractivity contribution in [2.45, 2.75) is 11.8 Å². The third-order valence-corrected chi connectivity index (χ3v) is 5.75. The van der Waals surface area contributed by atoms with Gasteiger partial charge < -0.3 is 0 Å². The van der Waals surface area contributed by atoms with Gasteiger partial charge in [-0.1, -0.05) is 17.7 Å². The van der Waals surface area contributed by atoms with Gasteiger partial charge in [0.2, 0.25) is 0 Å². The summed E-state index contributed by atoms with van der Waals surface area (Å²) in [6.45, 7) is 1.89. The van der Waals surface area contributed by atoms with Gasteiger partial charge in [0, 0.05) is 5.56 Å². The first kappa shape index (κ1) is 16.1. The Bertz CT molecular complexity index is 949. The van der Waals surface area contributed by atoms with Crippen molar-refractivity contribution in [3.8, 4) is 11.3 Å². The zero-order valence-corrected chi connectivity index (χ0v) is 15.0. The van der Waals surface area contributed by atoms with Crippen LogP contribution in [0, 0.1) is 16.3 Å². The fraction of sp³-hybridized carbons (Fsp3) is 0.0625. The highest BCUT2D eigenvalue weighted by Crippen LogP contribution is 2.28. The number of hydrogen-bond acceptors (Lipinski definition) is 3. The molecule has 1 heterocycles. The molecule has 0 bridgehead atoms. The van der Waals surface area contributed by atoms with Crippen LogP contribution in [0.25, 0.3) is 11.3 Å². The van der Waals surface area contributed by atoms with Crippen molar-refractivity contribution in [1.82, 2.24) is 9.19 Å². The molecule has 7 heteroatoms. The molecule has 0 aliphatic rings. The monoisotopic (exact) mass is 442 g/mol. The summed E-state index contributed by atoms with van der Waals surface area (Å²) in [6.07, 6.45) is 1.48. The van der Waals surface area contributed by atoms with Crippen LogP contribution in [-0.2, 0) is 10.0 Å². The van der Waals surface area contributed by atoms with Gasteiger partial charge in [-0.15, -0.1) is 0 Å². The molecule has 0 N–H and O–H groups in total. The SMILES string of the molecule is Cc1ccc(S(=O)(=O)n2ncc(I)c2-c2ccc(F)cc2)cc1. The van der Waals surface area contributed by atoms with E-state index in [1.165, 1.54) is 30.5 Å². The number of hydrogen-bond donors (Lipinski definition) is 0. The number of aryl methyl sites for hydroxylation is 1. The number of benzene rings is 2. The maximum Gasteiger partial charge on any atom is 0.283 e. The van der Waals surface area contributed by atoms with Gasteiger partial charge in [-0.05, 0) is 65.9 Å². The van der Waals surface area contributed by atoms with Crippen molar-refractivity contribution in [3.05, 3.63) is 69.7 Å². The largest absolute Gasteiger partial charge is 0.283 e. The lowest BCUT2D eigenvalue weighted by atomic mass is 10.1. The van der Waals surface area contributed by atoms with Crippen molar-refractivity contribution < 1.29 is 12.8 Å². The van der Waals surface area contributed by atoms with E-state index in [0.29, 0.717) is 14.8 Å². The molecule has 0 amide bonds. The number of rotatable bonds is 3. The summed E-state index contributed by atoms with van der Waals surface area (Å²) < 4.78 is 40.5. The molecule has 0 saturated carbocycles. The molecule has 0 aliphatic heterocycles. The molecule has 0 fully saturated rings. The Morgan fingerprint density at radius 2 is 1.65 bits per heavy atom. The first-order chi connectivity index (χ1) is 10.9. The summed E-state index contributed by atoms with van der Waals surface area (Å²) in [6, 6.07) is 12.2. The van der Waals surface area contributed by atoms with Crippen LogP contribution < -0.4 is 0 Å². The fourth-order valence-corrected chi connectivity index (χ4v) is 4.29. The maximum absolute atomic E-state index is 13.1. The van der Waals surface area contributed by atoms with Gasteiger partial charge in [0.05, 0.1) is 20.4 Å². The second-order valence-corrected chi connectivity index (χ2v) is 7.94. The van der Waals surface area contributed by atoms with E-state index in [0.717, 1.165) is 9.65 Å². The van der Waals surface area contributed by atoms with Gasteiger partial charge in [-0.25, -0.2) is 4.39 Å². The summed E-state index contributed by atoms with van der Waals surface area (Å²) in [4.78, 5) is 0.158. The van der Waals surface area contributed by atoms with Crippen LogP contribution in [0.15, 0.2) is 59.6 Å². The highest BCUT2D eigenvalue weighted by molar-refractivity contribution is 14.1. The molecule has 0 aliphatic carbocycles. The second-order valence-electron chi connectivity index (χ2n) is 5.01. The zero-order chi connectivity index (χ0) is 16.6. The third kappa shape index (κ3) is 3.02. The second kappa shape index (κ2) is 6.04. The first-order valence-electron chi connectivity index (χ1n) is 6.71. The fourth-order valence-electron chi connectivity index (χ4n) is 2.16. The molecule has 0 unspecified atom stereocenters. The minimum atomic E-state index is -3.82. The van der Waals surface area contributed by atoms with Gasteiger partial charge in [0.15, 0.2) is 0 Å². The smallest absolute Gasteiger partial charge is 0.207 e. The minimum Gasteiger partial charge on any atom is -0.207 e. The maximum atomic E-state index is 13.1. The summed E-state index contributed by atoms with van der Waals surface area (Å²) in [7, 11) is -3.82. The molecule has 23 heavy (non-hydrogen) atoms. The lowest BCUT2D eigenvalue weighted by molar-refractivity contribution is 0.581. The van der Waals surface area contributed by atoms with E-state index in [9.17, 15) is 12.8 Å². The number of nitrogens with zero attached hydrogens (tertiary/aromatic N) is 2. The lowest BCUT2D eigenvalue weighted by Gasteiger charge is -2.10. The van der Waals surface area contributed by atoms with E-state index in [2.05, 4.69) is 5.10 Å². The van der Waals surface area contributed by atoms with Crippen LogP contribution >= 0.6 is 22.6 Å². The van der Waals surface area contributed by atoms with Gasteiger partial charge in [0.1, 0.15) is 5.82 Å². The summed E-state index contributed by atoms with van der Waals surface area (Å²) in [5, 5.41) is 4.01.